The molecule has 18 heavy (non-hydrogen) atoms. The van der Waals surface area contributed by atoms with E-state index in [1.165, 1.54) is 12.1 Å². The third-order valence-electron chi connectivity index (χ3n) is 3.48. The highest BCUT2D eigenvalue weighted by atomic mass is 19.1. The summed E-state index contributed by atoms with van der Waals surface area (Å²) in [4.78, 5) is 0. The van der Waals surface area contributed by atoms with Gasteiger partial charge in [-0.3, -0.25) is 0 Å². The summed E-state index contributed by atoms with van der Waals surface area (Å²) in [5, 5.41) is 11.3. The van der Waals surface area contributed by atoms with Crippen molar-refractivity contribution in [2.24, 2.45) is 0 Å². The topological polar surface area (TPSA) is 42.6 Å². The van der Waals surface area contributed by atoms with Gasteiger partial charge >= 0.3 is 0 Å². The summed E-state index contributed by atoms with van der Waals surface area (Å²) in [5.74, 6) is 0.195. The molecule has 1 N–H and O–H groups in total. The Balaban J connectivity index is 2.03. The molecular formula is C14H15FO3. The average Bonchev–Trinajstić information content (AvgIpc) is 2.72. The lowest BCUT2D eigenvalue weighted by Gasteiger charge is -2.33. The summed E-state index contributed by atoms with van der Waals surface area (Å²) < 4.78 is 24.2. The van der Waals surface area contributed by atoms with Crippen molar-refractivity contribution in [2.45, 2.75) is 31.5 Å². The molecule has 1 aliphatic rings. The molecule has 1 aliphatic heterocycles. The number of fused-ring (bicyclic) bond motifs is 1. The van der Waals surface area contributed by atoms with Crippen molar-refractivity contribution in [3.8, 4) is 0 Å². The van der Waals surface area contributed by atoms with Crippen LogP contribution in [0.15, 0.2) is 28.7 Å². The van der Waals surface area contributed by atoms with Crippen molar-refractivity contribution in [3.05, 3.63) is 35.8 Å². The van der Waals surface area contributed by atoms with Gasteiger partial charge in [-0.1, -0.05) is 0 Å². The predicted molar refractivity (Wildman–Crippen MR) is 64.7 cm³/mol. The molecule has 4 heteroatoms. The number of hydrogen-bond donors (Lipinski definition) is 1. The van der Waals surface area contributed by atoms with Crippen LogP contribution in [-0.4, -0.2) is 17.8 Å². The molecule has 96 valence electrons. The Kier molecular flexibility index (Phi) is 2.64. The standard InChI is InChI=1S/C14H15FO3/c1-9-8-14(16,4-5-17-9)13-7-10-6-11(15)2-3-12(10)18-13/h2-3,6-7,9,16H,4-5,8H2,1H3. The molecule has 3 nitrogen and oxygen atoms in total. The van der Waals surface area contributed by atoms with Gasteiger partial charge < -0.3 is 14.3 Å². The third kappa shape index (κ3) is 1.91. The maximum Gasteiger partial charge on any atom is 0.137 e. The van der Waals surface area contributed by atoms with Crippen molar-refractivity contribution in [2.75, 3.05) is 6.61 Å². The van der Waals surface area contributed by atoms with E-state index in [9.17, 15) is 9.50 Å². The number of furan rings is 1. The highest BCUT2D eigenvalue weighted by Gasteiger charge is 2.38. The van der Waals surface area contributed by atoms with Crippen LogP contribution in [0.2, 0.25) is 0 Å². The average molecular weight is 250 g/mol. The van der Waals surface area contributed by atoms with Gasteiger partial charge in [0.25, 0.3) is 0 Å². The third-order valence-corrected chi connectivity index (χ3v) is 3.48. The first-order valence-electron chi connectivity index (χ1n) is 6.10. The minimum atomic E-state index is -1.01. The first-order valence-corrected chi connectivity index (χ1v) is 6.10. The lowest BCUT2D eigenvalue weighted by molar-refractivity contribution is -0.110. The van der Waals surface area contributed by atoms with E-state index in [-0.39, 0.29) is 11.9 Å². The molecule has 1 saturated heterocycles. The number of aliphatic hydroxyl groups is 1. The molecule has 0 spiro atoms. The van der Waals surface area contributed by atoms with Gasteiger partial charge in [0.05, 0.1) is 12.7 Å². The van der Waals surface area contributed by atoms with Gasteiger partial charge in [-0.2, -0.15) is 0 Å². The maximum absolute atomic E-state index is 13.1. The summed E-state index contributed by atoms with van der Waals surface area (Å²) in [6.07, 6.45) is 0.989. The van der Waals surface area contributed by atoms with E-state index >= 15 is 0 Å². The van der Waals surface area contributed by atoms with E-state index in [4.69, 9.17) is 9.15 Å². The molecule has 3 rings (SSSR count). The van der Waals surface area contributed by atoms with Crippen molar-refractivity contribution in [1.29, 1.82) is 0 Å². The summed E-state index contributed by atoms with van der Waals surface area (Å²) in [6, 6.07) is 6.07. The summed E-state index contributed by atoms with van der Waals surface area (Å²) in [5.41, 5.74) is -0.411. The Morgan fingerprint density at radius 3 is 3.00 bits per heavy atom. The van der Waals surface area contributed by atoms with E-state index in [0.29, 0.717) is 36.2 Å². The van der Waals surface area contributed by atoms with E-state index in [2.05, 4.69) is 0 Å². The minimum absolute atomic E-state index is 0.00583. The summed E-state index contributed by atoms with van der Waals surface area (Å²) in [6.45, 7) is 2.43. The molecule has 0 aliphatic carbocycles. The van der Waals surface area contributed by atoms with Gasteiger partial charge in [0.2, 0.25) is 0 Å². The van der Waals surface area contributed by atoms with Crippen molar-refractivity contribution in [1.82, 2.24) is 0 Å². The van der Waals surface area contributed by atoms with Crippen LogP contribution in [0.4, 0.5) is 4.39 Å². The SMILES string of the molecule is CC1CC(O)(c2cc3cc(F)ccc3o2)CCO1. The fourth-order valence-electron chi connectivity index (χ4n) is 2.53. The quantitative estimate of drug-likeness (QED) is 0.846. The molecule has 1 aromatic heterocycles. The monoisotopic (exact) mass is 250 g/mol. The van der Waals surface area contributed by atoms with Crippen LogP contribution >= 0.6 is 0 Å². The molecule has 2 heterocycles. The smallest absolute Gasteiger partial charge is 0.137 e. The van der Waals surface area contributed by atoms with Crippen molar-refractivity contribution >= 4 is 11.0 Å². The van der Waals surface area contributed by atoms with Gasteiger partial charge in [-0.05, 0) is 31.2 Å². The largest absolute Gasteiger partial charge is 0.458 e. The Labute approximate surface area is 104 Å². The van der Waals surface area contributed by atoms with Crippen LogP contribution in [-0.2, 0) is 10.3 Å². The molecule has 0 amide bonds. The van der Waals surface area contributed by atoms with Crippen LogP contribution in [0.25, 0.3) is 11.0 Å². The molecule has 0 radical (unpaired) electrons. The van der Waals surface area contributed by atoms with Crippen LogP contribution in [0, 0.1) is 5.82 Å². The van der Waals surface area contributed by atoms with E-state index in [0.717, 1.165) is 0 Å². The predicted octanol–water partition coefficient (Wildman–Crippen LogP) is 2.96. The molecular weight excluding hydrogens is 235 g/mol. The van der Waals surface area contributed by atoms with Gasteiger partial charge in [0.1, 0.15) is 22.8 Å². The molecule has 1 fully saturated rings. The fraction of sp³-hybridized carbons (Fsp3) is 0.429. The van der Waals surface area contributed by atoms with Crippen LogP contribution in [0.1, 0.15) is 25.5 Å². The van der Waals surface area contributed by atoms with Crippen LogP contribution in [0.3, 0.4) is 0 Å². The van der Waals surface area contributed by atoms with E-state index in [1.54, 1.807) is 12.1 Å². The number of ether oxygens (including phenoxy) is 1. The highest BCUT2D eigenvalue weighted by molar-refractivity contribution is 5.78. The molecule has 0 saturated carbocycles. The Morgan fingerprint density at radius 2 is 2.22 bits per heavy atom. The second-order valence-corrected chi connectivity index (χ2v) is 4.96. The van der Waals surface area contributed by atoms with Crippen LogP contribution < -0.4 is 0 Å². The maximum atomic E-state index is 13.1. The number of halogens is 1. The van der Waals surface area contributed by atoms with Crippen molar-refractivity contribution in [3.63, 3.8) is 0 Å². The molecule has 2 aromatic rings. The molecule has 1 aromatic carbocycles. The minimum Gasteiger partial charge on any atom is -0.458 e. The fourth-order valence-corrected chi connectivity index (χ4v) is 2.53. The summed E-state index contributed by atoms with van der Waals surface area (Å²) >= 11 is 0. The van der Waals surface area contributed by atoms with Crippen LogP contribution in [0.5, 0.6) is 0 Å². The normalized spacial score (nSPS) is 28.7. The number of benzene rings is 1. The number of rotatable bonds is 1. The Hall–Kier alpha value is -1.39. The molecule has 2 atom stereocenters. The second kappa shape index (κ2) is 4.07. The van der Waals surface area contributed by atoms with Gasteiger partial charge in [-0.15, -0.1) is 0 Å². The lowest BCUT2D eigenvalue weighted by Crippen LogP contribution is -2.37. The van der Waals surface area contributed by atoms with E-state index in [1.807, 2.05) is 6.92 Å². The highest BCUT2D eigenvalue weighted by Crippen LogP contribution is 2.37. The van der Waals surface area contributed by atoms with Crippen molar-refractivity contribution < 1.29 is 18.7 Å². The zero-order chi connectivity index (χ0) is 12.8. The van der Waals surface area contributed by atoms with E-state index < -0.39 is 5.60 Å². The Bertz CT molecular complexity index is 577. The van der Waals surface area contributed by atoms with Gasteiger partial charge in [-0.25, -0.2) is 4.39 Å². The van der Waals surface area contributed by atoms with Gasteiger partial charge in [0, 0.05) is 18.2 Å². The zero-order valence-corrected chi connectivity index (χ0v) is 10.1. The molecule has 0 bridgehead atoms. The zero-order valence-electron chi connectivity index (χ0n) is 10.1. The second-order valence-electron chi connectivity index (χ2n) is 4.96. The Morgan fingerprint density at radius 1 is 1.39 bits per heavy atom. The summed E-state index contributed by atoms with van der Waals surface area (Å²) in [7, 11) is 0. The molecule has 2 unspecified atom stereocenters. The van der Waals surface area contributed by atoms with Gasteiger partial charge in [0.15, 0.2) is 0 Å². The first-order chi connectivity index (χ1) is 8.57. The number of hydrogen-bond acceptors (Lipinski definition) is 3. The first kappa shape index (κ1) is 11.7. The lowest BCUT2D eigenvalue weighted by atomic mass is 9.88.